The number of aromatic nitrogens is 2. The maximum atomic E-state index is 13.3. The van der Waals surface area contributed by atoms with Crippen LogP contribution in [0.3, 0.4) is 0 Å². The zero-order chi connectivity index (χ0) is 20.4. The van der Waals surface area contributed by atoms with Crippen molar-refractivity contribution in [2.24, 2.45) is 0 Å². The summed E-state index contributed by atoms with van der Waals surface area (Å²) >= 11 is 1.33. The van der Waals surface area contributed by atoms with E-state index in [0.717, 1.165) is 24.1 Å². The van der Waals surface area contributed by atoms with Crippen LogP contribution in [0.2, 0.25) is 0 Å². The molecular weight excluding hydrogens is 382 g/mol. The summed E-state index contributed by atoms with van der Waals surface area (Å²) in [5.74, 6) is 0.000594. The molecule has 2 aromatic carbocycles. The molecule has 1 atom stereocenters. The molecule has 1 fully saturated rings. The van der Waals surface area contributed by atoms with Crippen molar-refractivity contribution < 1.29 is 4.79 Å². The minimum Gasteiger partial charge on any atom is -0.352 e. The quantitative estimate of drug-likeness (QED) is 0.508. The number of amides is 1. The molecule has 0 unspecified atom stereocenters. The highest BCUT2D eigenvalue weighted by Gasteiger charge is 2.24. The van der Waals surface area contributed by atoms with E-state index in [-0.39, 0.29) is 22.8 Å². The van der Waals surface area contributed by atoms with Crippen LogP contribution < -0.4 is 10.9 Å². The molecular formula is C23H25N3O2S. The lowest BCUT2D eigenvalue weighted by Crippen LogP contribution is -2.38. The topological polar surface area (TPSA) is 64.0 Å². The minimum atomic E-state index is -0.348. The molecule has 0 aliphatic heterocycles. The number of hydrogen-bond acceptors (Lipinski definition) is 4. The number of benzene rings is 2. The van der Waals surface area contributed by atoms with Gasteiger partial charge in [0.1, 0.15) is 0 Å². The van der Waals surface area contributed by atoms with E-state index in [1.54, 1.807) is 10.6 Å². The summed E-state index contributed by atoms with van der Waals surface area (Å²) in [4.78, 5) is 30.8. The van der Waals surface area contributed by atoms with E-state index in [9.17, 15) is 9.59 Å². The Balaban J connectivity index is 1.74. The van der Waals surface area contributed by atoms with Gasteiger partial charge in [-0.15, -0.1) is 0 Å². The maximum absolute atomic E-state index is 13.3. The average Bonchev–Trinajstić information content (AvgIpc) is 3.22. The van der Waals surface area contributed by atoms with Crippen molar-refractivity contribution in [1.82, 2.24) is 14.9 Å². The van der Waals surface area contributed by atoms with Gasteiger partial charge in [0.05, 0.1) is 21.8 Å². The first-order valence-corrected chi connectivity index (χ1v) is 11.0. The number of hydrogen-bond donors (Lipinski definition) is 1. The number of carbonyl (C=O) groups is 1. The highest BCUT2D eigenvalue weighted by Crippen LogP contribution is 2.27. The Labute approximate surface area is 174 Å². The van der Waals surface area contributed by atoms with Crippen LogP contribution in [0.1, 0.15) is 38.2 Å². The number of nitrogens with zero attached hydrogens (tertiary/aromatic N) is 2. The largest absolute Gasteiger partial charge is 0.352 e. The summed E-state index contributed by atoms with van der Waals surface area (Å²) in [7, 11) is 0. The van der Waals surface area contributed by atoms with Gasteiger partial charge in [-0.05, 0) is 50.5 Å². The smallest absolute Gasteiger partial charge is 0.266 e. The minimum absolute atomic E-state index is 0.000594. The molecule has 1 amide bonds. The Morgan fingerprint density at radius 2 is 1.83 bits per heavy atom. The van der Waals surface area contributed by atoms with Crippen LogP contribution in [0.25, 0.3) is 16.6 Å². The number of carbonyl (C=O) groups excluding carboxylic acids is 1. The number of nitrogens with one attached hydrogen (secondary N) is 1. The molecule has 4 rings (SSSR count). The monoisotopic (exact) mass is 407 g/mol. The lowest BCUT2D eigenvalue weighted by molar-refractivity contribution is -0.120. The van der Waals surface area contributed by atoms with Crippen LogP contribution in [0, 0.1) is 6.92 Å². The van der Waals surface area contributed by atoms with Gasteiger partial charge in [0.2, 0.25) is 5.91 Å². The lowest BCUT2D eigenvalue weighted by atomic mass is 10.2. The molecule has 5 nitrogen and oxygen atoms in total. The fraction of sp³-hybridized carbons (Fsp3) is 0.348. The van der Waals surface area contributed by atoms with Crippen molar-refractivity contribution in [2.45, 2.75) is 56.0 Å². The molecule has 0 bridgehead atoms. The van der Waals surface area contributed by atoms with Crippen molar-refractivity contribution in [3.05, 3.63) is 64.4 Å². The van der Waals surface area contributed by atoms with Crippen LogP contribution in [-0.2, 0) is 4.79 Å². The van der Waals surface area contributed by atoms with Crippen LogP contribution in [0.5, 0.6) is 0 Å². The van der Waals surface area contributed by atoms with Gasteiger partial charge in [-0.25, -0.2) is 4.98 Å². The second-order valence-electron chi connectivity index (χ2n) is 7.59. The molecule has 1 aliphatic carbocycles. The molecule has 1 heterocycles. The summed E-state index contributed by atoms with van der Waals surface area (Å²) in [6, 6.07) is 15.4. The Kier molecular flexibility index (Phi) is 5.72. The van der Waals surface area contributed by atoms with Crippen molar-refractivity contribution in [2.75, 3.05) is 0 Å². The standard InChI is InChI=1S/C23H25N3O2S/c1-15-9-3-8-14-20(15)26-22(28)18-12-6-7-13-19(18)25-23(26)29-16(2)21(27)24-17-10-4-5-11-17/h3,6-9,12-14,16-17H,4-5,10-11H2,1-2H3,(H,24,27)/t16-/m0/s1. The van der Waals surface area contributed by atoms with E-state index in [1.807, 2.05) is 56.3 Å². The third-order valence-electron chi connectivity index (χ3n) is 5.45. The van der Waals surface area contributed by atoms with E-state index in [0.29, 0.717) is 16.1 Å². The van der Waals surface area contributed by atoms with Crippen molar-refractivity contribution in [3.8, 4) is 5.69 Å². The Morgan fingerprint density at radius 1 is 1.14 bits per heavy atom. The van der Waals surface area contributed by atoms with E-state index in [2.05, 4.69) is 5.32 Å². The molecule has 150 valence electrons. The zero-order valence-electron chi connectivity index (χ0n) is 16.7. The molecule has 1 aliphatic rings. The van der Waals surface area contributed by atoms with Crippen LogP contribution in [0.4, 0.5) is 0 Å². The van der Waals surface area contributed by atoms with Gasteiger partial charge in [-0.2, -0.15) is 0 Å². The summed E-state index contributed by atoms with van der Waals surface area (Å²) < 4.78 is 1.64. The Hall–Kier alpha value is -2.60. The average molecular weight is 408 g/mol. The molecule has 1 aromatic heterocycles. The predicted molar refractivity (Wildman–Crippen MR) is 118 cm³/mol. The third-order valence-corrected chi connectivity index (χ3v) is 6.51. The summed E-state index contributed by atoms with van der Waals surface area (Å²) in [6.07, 6.45) is 4.44. The summed E-state index contributed by atoms with van der Waals surface area (Å²) in [6.45, 7) is 3.85. The predicted octanol–water partition coefficient (Wildman–Crippen LogP) is 4.23. The molecule has 3 aromatic rings. The first-order valence-electron chi connectivity index (χ1n) is 10.1. The van der Waals surface area contributed by atoms with Crippen LogP contribution in [0.15, 0.2) is 58.5 Å². The number of rotatable bonds is 5. The summed E-state index contributed by atoms with van der Waals surface area (Å²) in [5.41, 5.74) is 2.31. The Bertz CT molecular complexity index is 1100. The lowest BCUT2D eigenvalue weighted by Gasteiger charge is -2.19. The van der Waals surface area contributed by atoms with Crippen molar-refractivity contribution in [3.63, 3.8) is 0 Å². The molecule has 1 saturated carbocycles. The normalized spacial score (nSPS) is 15.5. The second kappa shape index (κ2) is 8.41. The van der Waals surface area contributed by atoms with Crippen LogP contribution in [-0.4, -0.2) is 26.8 Å². The van der Waals surface area contributed by atoms with Gasteiger partial charge in [-0.1, -0.05) is 54.9 Å². The number of thioether (sulfide) groups is 1. The van der Waals surface area contributed by atoms with Gasteiger partial charge in [-0.3, -0.25) is 14.2 Å². The fourth-order valence-corrected chi connectivity index (χ4v) is 4.75. The first-order chi connectivity index (χ1) is 14.0. The van der Waals surface area contributed by atoms with E-state index in [4.69, 9.17) is 4.98 Å². The van der Waals surface area contributed by atoms with Gasteiger partial charge in [0, 0.05) is 6.04 Å². The molecule has 0 saturated heterocycles. The first kappa shape index (κ1) is 19.7. The Morgan fingerprint density at radius 3 is 2.59 bits per heavy atom. The summed E-state index contributed by atoms with van der Waals surface area (Å²) in [5, 5.41) is 3.91. The molecule has 1 N–H and O–H groups in total. The molecule has 0 spiro atoms. The second-order valence-corrected chi connectivity index (χ2v) is 8.90. The van der Waals surface area contributed by atoms with Gasteiger partial charge in [0.15, 0.2) is 5.16 Å². The van der Waals surface area contributed by atoms with Gasteiger partial charge >= 0.3 is 0 Å². The molecule has 29 heavy (non-hydrogen) atoms. The van der Waals surface area contributed by atoms with Crippen molar-refractivity contribution >= 4 is 28.6 Å². The van der Waals surface area contributed by atoms with Gasteiger partial charge in [0.25, 0.3) is 5.56 Å². The fourth-order valence-electron chi connectivity index (χ4n) is 3.82. The zero-order valence-corrected chi connectivity index (χ0v) is 17.5. The number of aryl methyl sites for hydroxylation is 1. The highest BCUT2D eigenvalue weighted by atomic mass is 32.2. The molecule has 0 radical (unpaired) electrons. The third kappa shape index (κ3) is 4.08. The highest BCUT2D eigenvalue weighted by molar-refractivity contribution is 8.00. The van der Waals surface area contributed by atoms with E-state index < -0.39 is 0 Å². The molecule has 6 heteroatoms. The van der Waals surface area contributed by atoms with Crippen LogP contribution >= 0.6 is 11.8 Å². The van der Waals surface area contributed by atoms with Gasteiger partial charge < -0.3 is 5.32 Å². The van der Waals surface area contributed by atoms with E-state index >= 15 is 0 Å². The maximum Gasteiger partial charge on any atom is 0.266 e. The number of fused-ring (bicyclic) bond motifs is 1. The van der Waals surface area contributed by atoms with E-state index in [1.165, 1.54) is 24.6 Å². The van der Waals surface area contributed by atoms with Crippen molar-refractivity contribution in [1.29, 1.82) is 0 Å². The number of para-hydroxylation sites is 2. The SMILES string of the molecule is Cc1ccccc1-n1c(S[C@@H](C)C(=O)NC2CCCC2)nc2ccccc2c1=O.